The van der Waals surface area contributed by atoms with Gasteiger partial charge in [0.2, 0.25) is 0 Å². The number of rotatable bonds is 2. The molecule has 0 radical (unpaired) electrons. The number of esters is 1. The minimum Gasteiger partial charge on any atom is -0.451 e. The van der Waals surface area contributed by atoms with Gasteiger partial charge in [0.1, 0.15) is 6.10 Å². The highest BCUT2D eigenvalue weighted by molar-refractivity contribution is 5.96. The van der Waals surface area contributed by atoms with E-state index in [1.165, 1.54) is 0 Å². The number of carbonyl (C=O) groups is 2. The Morgan fingerprint density at radius 3 is 2.59 bits per heavy atom. The van der Waals surface area contributed by atoms with E-state index < -0.39 is 35.0 Å². The molecule has 0 aromatic rings. The van der Waals surface area contributed by atoms with Crippen molar-refractivity contribution in [3.05, 3.63) is 34.9 Å². The van der Waals surface area contributed by atoms with Crippen LogP contribution in [0.15, 0.2) is 34.9 Å². The predicted molar refractivity (Wildman–Crippen MR) is 126 cm³/mol. The molecule has 3 fully saturated rings. The molecule has 4 aliphatic carbocycles. The summed E-state index contributed by atoms with van der Waals surface area (Å²) in [5, 5.41) is 12.9. The minimum absolute atomic E-state index is 0.0181. The van der Waals surface area contributed by atoms with Gasteiger partial charge >= 0.3 is 5.97 Å². The van der Waals surface area contributed by atoms with E-state index in [1.807, 2.05) is 32.9 Å². The van der Waals surface area contributed by atoms with Crippen LogP contribution < -0.4 is 0 Å². The van der Waals surface area contributed by atoms with Gasteiger partial charge in [-0.15, -0.1) is 0 Å². The number of ketones is 1. The number of hydrogen-bond donors (Lipinski definition) is 1. The lowest BCUT2D eigenvalue weighted by Crippen LogP contribution is -2.68. The van der Waals surface area contributed by atoms with Gasteiger partial charge < -0.3 is 19.3 Å². The van der Waals surface area contributed by atoms with Gasteiger partial charge in [-0.05, 0) is 75.4 Å². The third-order valence-electron chi connectivity index (χ3n) is 9.65. The van der Waals surface area contributed by atoms with E-state index in [0.29, 0.717) is 17.1 Å². The molecule has 5 aliphatic rings. The Hall–Kier alpha value is -1.76. The van der Waals surface area contributed by atoms with Crippen LogP contribution >= 0.6 is 0 Å². The standard InChI is InChI=1S/C28H38O6/c1-9-14(2)24(30)33-22-15(3)12-27-16(4)10-19-20(25(19,5)6)18(21(27)29)11-17-13-32-26(7,8)34-23(17)28(22,27)31/h9,11-12,16,18-20,22-23,31H,10,13H2,1-8H3/b14-9-/t16-,18+,19-,20+,22+,23-,27+,28+/m1/s1. The fourth-order valence-corrected chi connectivity index (χ4v) is 7.62. The zero-order chi connectivity index (χ0) is 25.0. The molecular weight excluding hydrogens is 432 g/mol. The summed E-state index contributed by atoms with van der Waals surface area (Å²) in [4.78, 5) is 27.5. The molecule has 6 heteroatoms. The Labute approximate surface area is 202 Å². The van der Waals surface area contributed by atoms with Crippen molar-refractivity contribution < 1.29 is 28.9 Å². The number of fused-ring (bicyclic) bond motifs is 5. The average Bonchev–Trinajstić information content (AvgIpc) is 3.25. The van der Waals surface area contributed by atoms with Crippen LogP contribution in [-0.2, 0) is 23.8 Å². The summed E-state index contributed by atoms with van der Waals surface area (Å²) in [6, 6.07) is 0. The molecule has 2 bridgehead atoms. The quantitative estimate of drug-likeness (QED) is 0.371. The summed E-state index contributed by atoms with van der Waals surface area (Å²) in [6.45, 7) is 15.8. The van der Waals surface area contributed by atoms with Gasteiger partial charge in [0.25, 0.3) is 0 Å². The van der Waals surface area contributed by atoms with Crippen LogP contribution in [0.2, 0.25) is 0 Å². The number of carbonyl (C=O) groups excluding carboxylic acids is 2. The Morgan fingerprint density at radius 1 is 1.26 bits per heavy atom. The van der Waals surface area contributed by atoms with Gasteiger partial charge in [0.15, 0.2) is 23.3 Å². The highest BCUT2D eigenvalue weighted by atomic mass is 16.7. The minimum atomic E-state index is -1.76. The number of aliphatic hydroxyl groups is 1. The summed E-state index contributed by atoms with van der Waals surface area (Å²) in [5.74, 6) is -1.30. The van der Waals surface area contributed by atoms with Gasteiger partial charge in [-0.2, -0.15) is 0 Å². The highest BCUT2D eigenvalue weighted by Crippen LogP contribution is 2.72. The number of allylic oxidation sites excluding steroid dienone is 2. The molecule has 5 rings (SSSR count). The summed E-state index contributed by atoms with van der Waals surface area (Å²) in [7, 11) is 0. The molecule has 34 heavy (non-hydrogen) atoms. The van der Waals surface area contributed by atoms with Crippen LogP contribution in [0.5, 0.6) is 0 Å². The van der Waals surface area contributed by atoms with Crippen LogP contribution in [0, 0.1) is 34.5 Å². The SMILES string of the molecule is C/C=C(/C)C(=O)O[C@H]1C(C)=C[C@]23C(=O)[C@@H](C=C4COC(C)(C)O[C@H]4[C@@]12O)[C@H]1[C@@H](C[C@H]3C)C1(C)C. The maximum Gasteiger partial charge on any atom is 0.334 e. The zero-order valence-corrected chi connectivity index (χ0v) is 21.6. The van der Waals surface area contributed by atoms with E-state index in [-0.39, 0.29) is 35.6 Å². The number of Topliss-reactive ketones (excluding diaryl/α,β-unsaturated/α-hetero) is 1. The van der Waals surface area contributed by atoms with Gasteiger partial charge in [-0.25, -0.2) is 4.79 Å². The van der Waals surface area contributed by atoms with Crippen LogP contribution in [0.3, 0.4) is 0 Å². The first-order valence-corrected chi connectivity index (χ1v) is 12.5. The fraction of sp³-hybridized carbons (Fsp3) is 0.714. The molecule has 1 heterocycles. The van der Waals surface area contributed by atoms with Gasteiger partial charge in [-0.1, -0.05) is 39.0 Å². The number of ether oxygens (including phenoxy) is 3. The van der Waals surface area contributed by atoms with Crippen molar-refractivity contribution >= 4 is 11.8 Å². The van der Waals surface area contributed by atoms with Crippen molar-refractivity contribution in [3.63, 3.8) is 0 Å². The molecule has 0 unspecified atom stereocenters. The molecule has 6 nitrogen and oxygen atoms in total. The van der Waals surface area contributed by atoms with E-state index in [2.05, 4.69) is 20.8 Å². The first-order chi connectivity index (χ1) is 15.7. The third-order valence-corrected chi connectivity index (χ3v) is 9.65. The molecule has 0 aromatic heterocycles. The van der Waals surface area contributed by atoms with Gasteiger partial charge in [0, 0.05) is 11.5 Å². The second-order valence-corrected chi connectivity index (χ2v) is 12.2. The van der Waals surface area contributed by atoms with Crippen molar-refractivity contribution in [1.82, 2.24) is 0 Å². The van der Waals surface area contributed by atoms with Crippen LogP contribution in [0.1, 0.15) is 61.8 Å². The summed E-state index contributed by atoms with van der Waals surface area (Å²) in [5.41, 5.74) is -0.994. The maximum atomic E-state index is 14.6. The van der Waals surface area contributed by atoms with Crippen molar-refractivity contribution in [2.75, 3.05) is 6.61 Å². The number of hydrogen-bond acceptors (Lipinski definition) is 6. The lowest BCUT2D eigenvalue weighted by molar-refractivity contribution is -0.303. The molecule has 0 amide bonds. The van der Waals surface area contributed by atoms with Crippen LogP contribution in [0.25, 0.3) is 0 Å². The van der Waals surface area contributed by atoms with Crippen molar-refractivity contribution in [3.8, 4) is 0 Å². The molecular formula is C28H38O6. The van der Waals surface area contributed by atoms with E-state index >= 15 is 0 Å². The van der Waals surface area contributed by atoms with Crippen LogP contribution in [0.4, 0.5) is 0 Å². The average molecular weight is 471 g/mol. The van der Waals surface area contributed by atoms with E-state index in [1.54, 1.807) is 19.9 Å². The summed E-state index contributed by atoms with van der Waals surface area (Å²) in [6.07, 6.45) is 4.62. The second-order valence-electron chi connectivity index (χ2n) is 12.2. The first-order valence-electron chi connectivity index (χ1n) is 12.5. The summed E-state index contributed by atoms with van der Waals surface area (Å²) < 4.78 is 18.4. The lowest BCUT2D eigenvalue weighted by atomic mass is 9.59. The maximum absolute atomic E-state index is 14.6. The molecule has 1 N–H and O–H groups in total. The smallest absolute Gasteiger partial charge is 0.334 e. The van der Waals surface area contributed by atoms with Gasteiger partial charge in [-0.3, -0.25) is 4.79 Å². The van der Waals surface area contributed by atoms with Crippen LogP contribution in [-0.4, -0.2) is 47.1 Å². The normalized spacial score (nSPS) is 46.1. The molecule has 1 spiro atoms. The zero-order valence-electron chi connectivity index (χ0n) is 21.6. The Kier molecular flexibility index (Phi) is 5.03. The van der Waals surface area contributed by atoms with Crippen molar-refractivity contribution in [2.45, 2.75) is 85.4 Å². The molecule has 1 aliphatic heterocycles. The molecule has 186 valence electrons. The topological polar surface area (TPSA) is 82.1 Å². The molecule has 8 atom stereocenters. The molecule has 1 saturated heterocycles. The predicted octanol–water partition coefficient (Wildman–Crippen LogP) is 4.13. The lowest BCUT2D eigenvalue weighted by Gasteiger charge is -2.52. The second kappa shape index (κ2) is 7.14. The Balaban J connectivity index is 1.72. The van der Waals surface area contributed by atoms with E-state index in [0.717, 1.165) is 12.0 Å². The van der Waals surface area contributed by atoms with E-state index in [4.69, 9.17) is 14.2 Å². The fourth-order valence-electron chi connectivity index (χ4n) is 7.62. The monoisotopic (exact) mass is 470 g/mol. The molecule has 2 saturated carbocycles. The molecule has 0 aromatic carbocycles. The van der Waals surface area contributed by atoms with Crippen molar-refractivity contribution in [2.24, 2.45) is 34.5 Å². The van der Waals surface area contributed by atoms with E-state index in [9.17, 15) is 14.7 Å². The third kappa shape index (κ3) is 2.85. The summed E-state index contributed by atoms with van der Waals surface area (Å²) >= 11 is 0. The Morgan fingerprint density at radius 2 is 1.94 bits per heavy atom. The largest absolute Gasteiger partial charge is 0.451 e. The highest BCUT2D eigenvalue weighted by Gasteiger charge is 2.77. The van der Waals surface area contributed by atoms with Gasteiger partial charge in [0.05, 0.1) is 12.0 Å². The Bertz CT molecular complexity index is 1050. The first kappa shape index (κ1) is 24.0. The van der Waals surface area contributed by atoms with Crippen molar-refractivity contribution in [1.29, 1.82) is 0 Å².